The van der Waals surface area contributed by atoms with E-state index in [2.05, 4.69) is 36.1 Å². The van der Waals surface area contributed by atoms with Crippen LogP contribution in [0.5, 0.6) is 0 Å². The number of hydrogen-bond acceptors (Lipinski definition) is 4. The van der Waals surface area contributed by atoms with Crippen LogP contribution in [0, 0.1) is 6.92 Å². The summed E-state index contributed by atoms with van der Waals surface area (Å²) in [6.45, 7) is 5.00. The second kappa shape index (κ2) is 6.61. The highest BCUT2D eigenvalue weighted by molar-refractivity contribution is 7.15. The molecule has 4 rings (SSSR count). The summed E-state index contributed by atoms with van der Waals surface area (Å²) in [6, 6.07) is 8.24. The van der Waals surface area contributed by atoms with Gasteiger partial charge >= 0.3 is 5.97 Å². The molecule has 6 heteroatoms. The summed E-state index contributed by atoms with van der Waals surface area (Å²) in [5, 5.41) is 11.2. The molecule has 1 aromatic carbocycles. The normalized spacial score (nSPS) is 15.7. The molecule has 2 aromatic heterocycles. The maximum atomic E-state index is 11.7. The van der Waals surface area contributed by atoms with E-state index >= 15 is 0 Å². The third-order valence-corrected chi connectivity index (χ3v) is 5.63. The Morgan fingerprint density at radius 3 is 2.60 bits per heavy atom. The largest absolute Gasteiger partial charge is 0.477 e. The minimum Gasteiger partial charge on any atom is -0.477 e. The number of aromatic carboxylic acids is 1. The zero-order chi connectivity index (χ0) is 17.4. The molecular weight excluding hydrogens is 334 g/mol. The smallest absolute Gasteiger partial charge is 0.353 e. The summed E-state index contributed by atoms with van der Waals surface area (Å²) in [7, 11) is 0. The van der Waals surface area contributed by atoms with E-state index in [1.807, 2.05) is 0 Å². The first kappa shape index (κ1) is 16.3. The van der Waals surface area contributed by atoms with Crippen LogP contribution in [0.15, 0.2) is 29.6 Å². The van der Waals surface area contributed by atoms with Crippen molar-refractivity contribution in [3.8, 4) is 11.3 Å². The van der Waals surface area contributed by atoms with E-state index in [4.69, 9.17) is 4.98 Å². The Labute approximate surface area is 150 Å². The third kappa shape index (κ3) is 3.07. The van der Waals surface area contributed by atoms with Crippen LogP contribution in [-0.4, -0.2) is 38.4 Å². The van der Waals surface area contributed by atoms with Crippen LogP contribution in [0.1, 0.15) is 41.0 Å². The van der Waals surface area contributed by atoms with Crippen molar-refractivity contribution in [3.63, 3.8) is 0 Å². The number of carboxylic acids is 1. The average Bonchev–Trinajstić information content (AvgIpc) is 3.15. The van der Waals surface area contributed by atoms with E-state index in [1.165, 1.54) is 36.2 Å². The molecule has 0 radical (unpaired) electrons. The molecule has 0 amide bonds. The maximum Gasteiger partial charge on any atom is 0.353 e. The second-order valence-corrected chi connectivity index (χ2v) is 7.49. The molecule has 0 spiro atoms. The lowest BCUT2D eigenvalue weighted by Gasteiger charge is -2.26. The number of aromatic nitrogens is 2. The Morgan fingerprint density at radius 1 is 1.20 bits per heavy atom. The zero-order valence-electron chi connectivity index (χ0n) is 14.2. The Morgan fingerprint density at radius 2 is 1.92 bits per heavy atom. The van der Waals surface area contributed by atoms with Crippen LogP contribution in [0.25, 0.3) is 16.2 Å². The molecule has 0 bridgehead atoms. The van der Waals surface area contributed by atoms with Gasteiger partial charge in [-0.1, -0.05) is 36.2 Å². The van der Waals surface area contributed by atoms with Gasteiger partial charge in [0.1, 0.15) is 5.69 Å². The molecule has 1 aliphatic rings. The first-order chi connectivity index (χ1) is 12.1. The Bertz CT molecular complexity index is 905. The van der Waals surface area contributed by atoms with Gasteiger partial charge in [-0.25, -0.2) is 9.78 Å². The van der Waals surface area contributed by atoms with Crippen molar-refractivity contribution in [2.75, 3.05) is 13.1 Å². The quantitative estimate of drug-likeness (QED) is 0.767. The SMILES string of the molecule is Cc1ccc(-c2c(CN3CCCCC3)nc3scc(C(=O)O)n23)cc1. The van der Waals surface area contributed by atoms with Crippen LogP contribution >= 0.6 is 11.3 Å². The van der Waals surface area contributed by atoms with Crippen LogP contribution in [0.2, 0.25) is 0 Å². The van der Waals surface area contributed by atoms with Crippen molar-refractivity contribution in [1.82, 2.24) is 14.3 Å². The number of carboxylic acid groups (broad SMARTS) is 1. The first-order valence-electron chi connectivity index (χ1n) is 8.65. The monoisotopic (exact) mass is 355 g/mol. The molecule has 0 aliphatic carbocycles. The van der Waals surface area contributed by atoms with Gasteiger partial charge < -0.3 is 5.11 Å². The summed E-state index contributed by atoms with van der Waals surface area (Å²) in [6.07, 6.45) is 3.74. The van der Waals surface area contributed by atoms with Crippen molar-refractivity contribution in [1.29, 1.82) is 0 Å². The topological polar surface area (TPSA) is 57.8 Å². The molecule has 130 valence electrons. The standard InChI is InChI=1S/C19H21N3O2S/c1-13-5-7-14(8-6-13)17-15(11-21-9-3-2-4-10-21)20-19-22(17)16(12-25-19)18(23)24/h5-8,12H,2-4,9-11H2,1H3,(H,23,24). The Hall–Kier alpha value is -2.18. The highest BCUT2D eigenvalue weighted by Crippen LogP contribution is 2.31. The number of thiazole rings is 1. The molecule has 3 aromatic rings. The lowest BCUT2D eigenvalue weighted by molar-refractivity contribution is 0.0690. The molecule has 1 saturated heterocycles. The summed E-state index contributed by atoms with van der Waals surface area (Å²) in [5.41, 5.74) is 4.38. The van der Waals surface area contributed by atoms with Crippen molar-refractivity contribution < 1.29 is 9.90 Å². The minimum atomic E-state index is -0.915. The molecule has 5 nitrogen and oxygen atoms in total. The van der Waals surface area contributed by atoms with E-state index in [0.29, 0.717) is 0 Å². The van der Waals surface area contributed by atoms with E-state index in [9.17, 15) is 9.90 Å². The van der Waals surface area contributed by atoms with Gasteiger partial charge in [0.15, 0.2) is 4.96 Å². The van der Waals surface area contributed by atoms with Gasteiger partial charge in [0.25, 0.3) is 0 Å². The van der Waals surface area contributed by atoms with Crippen molar-refractivity contribution in [3.05, 3.63) is 46.6 Å². The molecule has 3 heterocycles. The number of carbonyl (C=O) groups is 1. The van der Waals surface area contributed by atoms with E-state index in [0.717, 1.165) is 41.5 Å². The maximum absolute atomic E-state index is 11.7. The first-order valence-corrected chi connectivity index (χ1v) is 9.53. The number of imidazole rings is 1. The fraction of sp³-hybridized carbons (Fsp3) is 0.368. The zero-order valence-corrected chi connectivity index (χ0v) is 15.1. The number of fused-ring (bicyclic) bond motifs is 1. The fourth-order valence-electron chi connectivity index (χ4n) is 3.50. The average molecular weight is 355 g/mol. The summed E-state index contributed by atoms with van der Waals surface area (Å²) >= 11 is 1.39. The lowest BCUT2D eigenvalue weighted by Crippen LogP contribution is -2.29. The molecule has 1 fully saturated rings. The van der Waals surface area contributed by atoms with Crippen molar-refractivity contribution >= 4 is 22.3 Å². The van der Waals surface area contributed by atoms with Gasteiger partial charge in [0, 0.05) is 17.5 Å². The molecule has 0 saturated carbocycles. The molecule has 25 heavy (non-hydrogen) atoms. The van der Waals surface area contributed by atoms with E-state index in [-0.39, 0.29) is 5.69 Å². The second-order valence-electron chi connectivity index (χ2n) is 6.65. The predicted octanol–water partition coefficient (Wildman–Crippen LogP) is 4.06. The summed E-state index contributed by atoms with van der Waals surface area (Å²) in [5.74, 6) is -0.915. The van der Waals surface area contributed by atoms with Crippen LogP contribution < -0.4 is 0 Å². The highest BCUT2D eigenvalue weighted by atomic mass is 32.1. The van der Waals surface area contributed by atoms with Gasteiger partial charge in [0.2, 0.25) is 0 Å². The molecular formula is C19H21N3O2S. The highest BCUT2D eigenvalue weighted by Gasteiger charge is 2.23. The van der Waals surface area contributed by atoms with Crippen LogP contribution in [0.4, 0.5) is 0 Å². The van der Waals surface area contributed by atoms with Crippen LogP contribution in [0.3, 0.4) is 0 Å². The van der Waals surface area contributed by atoms with Crippen molar-refractivity contribution in [2.24, 2.45) is 0 Å². The molecule has 1 aliphatic heterocycles. The molecule has 0 unspecified atom stereocenters. The van der Waals surface area contributed by atoms with Gasteiger partial charge in [-0.3, -0.25) is 9.30 Å². The number of piperidine rings is 1. The van der Waals surface area contributed by atoms with Crippen LogP contribution in [-0.2, 0) is 6.54 Å². The minimum absolute atomic E-state index is 0.285. The van der Waals surface area contributed by atoms with Gasteiger partial charge in [-0.05, 0) is 32.9 Å². The number of likely N-dealkylation sites (tertiary alicyclic amines) is 1. The Kier molecular flexibility index (Phi) is 4.31. The lowest BCUT2D eigenvalue weighted by atomic mass is 10.1. The van der Waals surface area contributed by atoms with E-state index in [1.54, 1.807) is 9.78 Å². The van der Waals surface area contributed by atoms with Gasteiger partial charge in [0.05, 0.1) is 11.4 Å². The number of hydrogen-bond donors (Lipinski definition) is 1. The number of aryl methyl sites for hydroxylation is 1. The van der Waals surface area contributed by atoms with E-state index < -0.39 is 5.97 Å². The summed E-state index contributed by atoms with van der Waals surface area (Å²) in [4.78, 5) is 19.6. The van der Waals surface area contributed by atoms with Gasteiger partial charge in [-0.2, -0.15) is 0 Å². The molecule has 1 N–H and O–H groups in total. The molecule has 0 atom stereocenters. The number of nitrogens with zero attached hydrogens (tertiary/aromatic N) is 3. The summed E-state index contributed by atoms with van der Waals surface area (Å²) < 4.78 is 1.80. The van der Waals surface area contributed by atoms with Crippen molar-refractivity contribution in [2.45, 2.75) is 32.7 Å². The van der Waals surface area contributed by atoms with Gasteiger partial charge in [-0.15, -0.1) is 11.3 Å². The number of rotatable bonds is 4. The fourth-order valence-corrected chi connectivity index (χ4v) is 4.38. The Balaban J connectivity index is 1.85. The number of benzene rings is 1. The third-order valence-electron chi connectivity index (χ3n) is 4.80. The predicted molar refractivity (Wildman–Crippen MR) is 99.3 cm³/mol.